The Bertz CT molecular complexity index is 453. The zero-order valence-corrected chi connectivity index (χ0v) is 16.2. The van der Waals surface area contributed by atoms with Gasteiger partial charge in [-0.05, 0) is 37.5 Å². The van der Waals surface area contributed by atoms with Gasteiger partial charge in [0.15, 0.2) is 17.3 Å². The van der Waals surface area contributed by atoms with Crippen molar-refractivity contribution in [2.24, 2.45) is 0 Å². The third-order valence-electron chi connectivity index (χ3n) is 3.64. The van der Waals surface area contributed by atoms with Crippen molar-refractivity contribution in [3.63, 3.8) is 0 Å². The van der Waals surface area contributed by atoms with Crippen molar-refractivity contribution < 1.29 is 28.6 Å². The maximum Gasteiger partial charge on any atom is 0.155 e. The predicted molar refractivity (Wildman–Crippen MR) is 105 cm³/mol. The minimum absolute atomic E-state index is 0.00399. The van der Waals surface area contributed by atoms with Crippen LogP contribution in [0.1, 0.15) is 38.5 Å². The Balaban J connectivity index is 4.07. The first-order valence-electron chi connectivity index (χ1n) is 9.26. The summed E-state index contributed by atoms with van der Waals surface area (Å²) in [5.41, 5.74) is 0. The Morgan fingerprint density at radius 3 is 1.41 bits per heavy atom. The molecule has 0 aliphatic heterocycles. The van der Waals surface area contributed by atoms with Crippen molar-refractivity contribution in [1.82, 2.24) is 0 Å². The molecular formula is C21H32O6. The maximum atomic E-state index is 11.2. The van der Waals surface area contributed by atoms with Crippen LogP contribution in [0.4, 0.5) is 0 Å². The zero-order chi connectivity index (χ0) is 20.3. The molecule has 0 aromatic carbocycles. The fraction of sp³-hybridized carbons (Fsp3) is 0.571. The normalized spacial score (nSPS) is 10.6. The Kier molecular flexibility index (Phi) is 16.3. The van der Waals surface area contributed by atoms with E-state index in [1.54, 1.807) is 0 Å². The van der Waals surface area contributed by atoms with Crippen LogP contribution in [0.5, 0.6) is 0 Å². The molecule has 0 spiro atoms. The first-order valence-corrected chi connectivity index (χ1v) is 9.26. The van der Waals surface area contributed by atoms with Gasteiger partial charge in [-0.15, -0.1) is 0 Å². The van der Waals surface area contributed by atoms with E-state index in [-0.39, 0.29) is 23.5 Å². The molecule has 6 nitrogen and oxygen atoms in total. The molecule has 27 heavy (non-hydrogen) atoms. The second kappa shape index (κ2) is 17.5. The number of allylic oxidation sites excluding steroid dienone is 3. The third-order valence-corrected chi connectivity index (χ3v) is 3.64. The quantitative estimate of drug-likeness (QED) is 0.239. The molecule has 0 amide bonds. The highest BCUT2D eigenvalue weighted by atomic mass is 16.6. The van der Waals surface area contributed by atoms with E-state index in [1.165, 1.54) is 18.2 Å². The number of ether oxygens (including phenoxy) is 3. The average Bonchev–Trinajstić information content (AvgIpc) is 2.68. The van der Waals surface area contributed by atoms with Crippen molar-refractivity contribution >= 4 is 17.3 Å². The summed E-state index contributed by atoms with van der Waals surface area (Å²) in [6, 6.07) is 0. The molecule has 0 aromatic rings. The van der Waals surface area contributed by atoms with Crippen LogP contribution in [0.25, 0.3) is 0 Å². The minimum atomic E-state index is -0.269. The highest BCUT2D eigenvalue weighted by molar-refractivity contribution is 5.89. The Labute approximate surface area is 162 Å². The first-order chi connectivity index (χ1) is 13.0. The molecular weight excluding hydrogens is 348 g/mol. The van der Waals surface area contributed by atoms with Crippen LogP contribution < -0.4 is 0 Å². The average molecular weight is 380 g/mol. The van der Waals surface area contributed by atoms with Gasteiger partial charge in [-0.1, -0.05) is 19.7 Å². The van der Waals surface area contributed by atoms with Crippen molar-refractivity contribution in [3.05, 3.63) is 38.0 Å². The van der Waals surface area contributed by atoms with Crippen LogP contribution in [0, 0.1) is 0 Å². The summed E-state index contributed by atoms with van der Waals surface area (Å²) in [6.07, 6.45) is 6.70. The van der Waals surface area contributed by atoms with Crippen LogP contribution in [0.3, 0.4) is 0 Å². The molecule has 0 aliphatic rings. The topological polar surface area (TPSA) is 78.9 Å². The van der Waals surface area contributed by atoms with Gasteiger partial charge in [0.1, 0.15) is 6.10 Å². The summed E-state index contributed by atoms with van der Waals surface area (Å²) >= 11 is 0. The number of rotatable bonds is 20. The molecule has 0 saturated heterocycles. The van der Waals surface area contributed by atoms with Gasteiger partial charge in [0.05, 0.1) is 13.2 Å². The fourth-order valence-corrected chi connectivity index (χ4v) is 2.07. The van der Waals surface area contributed by atoms with E-state index in [1.807, 2.05) is 0 Å². The monoisotopic (exact) mass is 380 g/mol. The van der Waals surface area contributed by atoms with Crippen LogP contribution in [-0.2, 0) is 28.6 Å². The molecule has 0 aliphatic carbocycles. The Morgan fingerprint density at radius 1 is 0.667 bits per heavy atom. The minimum Gasteiger partial charge on any atom is -0.379 e. The molecule has 0 saturated carbocycles. The van der Waals surface area contributed by atoms with Gasteiger partial charge >= 0.3 is 0 Å². The van der Waals surface area contributed by atoms with Gasteiger partial charge in [-0.2, -0.15) is 0 Å². The number of carbonyl (C=O) groups is 3. The summed E-state index contributed by atoms with van der Waals surface area (Å²) in [6.45, 7) is 12.3. The van der Waals surface area contributed by atoms with E-state index in [0.29, 0.717) is 71.6 Å². The molecule has 0 N–H and O–H groups in total. The fourth-order valence-electron chi connectivity index (χ4n) is 2.07. The predicted octanol–water partition coefficient (Wildman–Crippen LogP) is 3.01. The zero-order valence-electron chi connectivity index (χ0n) is 16.2. The van der Waals surface area contributed by atoms with Crippen molar-refractivity contribution in [2.75, 3.05) is 33.0 Å². The second-order valence-electron chi connectivity index (χ2n) is 5.96. The van der Waals surface area contributed by atoms with Gasteiger partial charge in [-0.3, -0.25) is 14.4 Å². The lowest BCUT2D eigenvalue weighted by atomic mass is 10.2. The summed E-state index contributed by atoms with van der Waals surface area (Å²) in [5.74, 6) is -0.0206. The number of ketones is 3. The van der Waals surface area contributed by atoms with Crippen molar-refractivity contribution in [3.8, 4) is 0 Å². The van der Waals surface area contributed by atoms with E-state index >= 15 is 0 Å². The molecule has 0 heterocycles. The van der Waals surface area contributed by atoms with Gasteiger partial charge in [0.2, 0.25) is 0 Å². The van der Waals surface area contributed by atoms with Crippen molar-refractivity contribution in [1.29, 1.82) is 0 Å². The second-order valence-corrected chi connectivity index (χ2v) is 5.96. The number of hydrogen-bond donors (Lipinski definition) is 0. The molecule has 0 rings (SSSR count). The van der Waals surface area contributed by atoms with Gasteiger partial charge < -0.3 is 14.2 Å². The highest BCUT2D eigenvalue weighted by Crippen LogP contribution is 2.02. The standard InChI is InChI=1S/C21H32O6/c1-4-18(22)10-7-13-25-16-21(27-15-9-12-20(24)6-3)17-26-14-8-11-19(23)5-2/h4-6,21H,1-3,7-17H2. The summed E-state index contributed by atoms with van der Waals surface area (Å²) in [4.78, 5) is 33.5. The van der Waals surface area contributed by atoms with E-state index in [9.17, 15) is 14.4 Å². The van der Waals surface area contributed by atoms with Crippen LogP contribution in [-0.4, -0.2) is 56.5 Å². The SMILES string of the molecule is C=CC(=O)CCCOCC(COCCCC(=O)C=C)OCCCC(=O)C=C. The Hall–Kier alpha value is -1.89. The summed E-state index contributed by atoms with van der Waals surface area (Å²) in [7, 11) is 0. The molecule has 0 aromatic heterocycles. The van der Waals surface area contributed by atoms with Crippen LogP contribution >= 0.6 is 0 Å². The van der Waals surface area contributed by atoms with E-state index < -0.39 is 0 Å². The lowest BCUT2D eigenvalue weighted by Crippen LogP contribution is -2.27. The molecule has 0 fully saturated rings. The van der Waals surface area contributed by atoms with Gasteiger partial charge in [0, 0.05) is 39.1 Å². The maximum absolute atomic E-state index is 11.2. The number of hydrogen-bond acceptors (Lipinski definition) is 6. The highest BCUT2D eigenvalue weighted by Gasteiger charge is 2.11. The molecule has 0 bridgehead atoms. The first kappa shape index (κ1) is 25.1. The van der Waals surface area contributed by atoms with Crippen LogP contribution in [0.2, 0.25) is 0 Å². The van der Waals surface area contributed by atoms with E-state index in [0.717, 1.165) is 0 Å². The summed E-state index contributed by atoms with van der Waals surface area (Å²) < 4.78 is 16.9. The third kappa shape index (κ3) is 16.0. The van der Waals surface area contributed by atoms with Crippen LogP contribution in [0.15, 0.2) is 38.0 Å². The molecule has 6 heteroatoms. The summed E-state index contributed by atoms with van der Waals surface area (Å²) in [5, 5.41) is 0. The van der Waals surface area contributed by atoms with Gasteiger partial charge in [0.25, 0.3) is 0 Å². The lowest BCUT2D eigenvalue weighted by molar-refractivity contribution is -0.116. The largest absolute Gasteiger partial charge is 0.379 e. The molecule has 0 unspecified atom stereocenters. The van der Waals surface area contributed by atoms with Crippen molar-refractivity contribution in [2.45, 2.75) is 44.6 Å². The molecule has 152 valence electrons. The smallest absolute Gasteiger partial charge is 0.155 e. The van der Waals surface area contributed by atoms with E-state index in [2.05, 4.69) is 19.7 Å². The Morgan fingerprint density at radius 2 is 1.04 bits per heavy atom. The van der Waals surface area contributed by atoms with Gasteiger partial charge in [-0.25, -0.2) is 0 Å². The number of carbonyl (C=O) groups excluding carboxylic acids is 3. The lowest BCUT2D eigenvalue weighted by Gasteiger charge is -2.18. The molecule has 0 atom stereocenters. The van der Waals surface area contributed by atoms with E-state index in [4.69, 9.17) is 14.2 Å². The molecule has 0 radical (unpaired) electrons.